The highest BCUT2D eigenvalue weighted by atomic mass is 16.2. The first-order valence-corrected chi connectivity index (χ1v) is 9.46. The topological polar surface area (TPSA) is 94.3 Å². The summed E-state index contributed by atoms with van der Waals surface area (Å²) in [6, 6.07) is 12.2. The van der Waals surface area contributed by atoms with Gasteiger partial charge in [0.15, 0.2) is 0 Å². The first kappa shape index (κ1) is 18.7. The van der Waals surface area contributed by atoms with Gasteiger partial charge in [0.25, 0.3) is 5.91 Å². The van der Waals surface area contributed by atoms with Crippen molar-refractivity contribution in [1.82, 2.24) is 15.2 Å². The molecule has 1 saturated heterocycles. The fourth-order valence-electron chi connectivity index (χ4n) is 3.78. The van der Waals surface area contributed by atoms with Crippen molar-refractivity contribution in [3.63, 3.8) is 0 Å². The predicted octanol–water partition coefficient (Wildman–Crippen LogP) is 2.89. The van der Waals surface area contributed by atoms with Crippen LogP contribution in [0.5, 0.6) is 0 Å². The summed E-state index contributed by atoms with van der Waals surface area (Å²) in [6.45, 7) is 3.56. The molecular weight excluding hydrogens is 368 g/mol. The third-order valence-corrected chi connectivity index (χ3v) is 5.01. The second kappa shape index (κ2) is 7.43. The van der Waals surface area contributed by atoms with Crippen LogP contribution in [0.4, 0.5) is 10.5 Å². The van der Waals surface area contributed by atoms with E-state index in [-0.39, 0.29) is 6.54 Å². The number of imide groups is 1. The van der Waals surface area contributed by atoms with Crippen LogP contribution in [0.15, 0.2) is 48.7 Å². The molecule has 2 aromatic carbocycles. The number of carbonyl (C=O) groups excluding carboxylic acids is 3. The molecule has 1 aliphatic heterocycles. The zero-order chi connectivity index (χ0) is 20.5. The Morgan fingerprint density at radius 3 is 2.59 bits per heavy atom. The number of nitrogens with one attached hydrogen (secondary N) is 3. The summed E-state index contributed by atoms with van der Waals surface area (Å²) < 4.78 is 0. The lowest BCUT2D eigenvalue weighted by atomic mass is 10.1. The van der Waals surface area contributed by atoms with Crippen LogP contribution >= 0.6 is 0 Å². The maximum Gasteiger partial charge on any atom is 0.325 e. The maximum absolute atomic E-state index is 12.7. The van der Waals surface area contributed by atoms with Crippen molar-refractivity contribution < 1.29 is 14.4 Å². The molecule has 3 aromatic rings. The molecule has 0 saturated carbocycles. The Bertz CT molecular complexity index is 1100. The molecule has 0 spiro atoms. The minimum absolute atomic E-state index is 0.317. The van der Waals surface area contributed by atoms with Gasteiger partial charge >= 0.3 is 6.03 Å². The Morgan fingerprint density at radius 1 is 1.10 bits per heavy atom. The van der Waals surface area contributed by atoms with Crippen LogP contribution in [0.1, 0.15) is 16.7 Å². The molecule has 1 fully saturated rings. The molecular formula is C22H22N4O3. The second-order valence-electron chi connectivity index (χ2n) is 7.41. The molecule has 7 nitrogen and oxygen atoms in total. The number of para-hydroxylation sites is 1. The lowest BCUT2D eigenvalue weighted by molar-refractivity contribution is -0.130. The molecule has 1 atom stereocenters. The number of carbonyl (C=O) groups is 3. The van der Waals surface area contributed by atoms with E-state index in [9.17, 15) is 14.4 Å². The van der Waals surface area contributed by atoms with Gasteiger partial charge in [-0.2, -0.15) is 0 Å². The number of benzene rings is 2. The van der Waals surface area contributed by atoms with Gasteiger partial charge in [0, 0.05) is 29.2 Å². The number of aromatic amines is 1. The summed E-state index contributed by atoms with van der Waals surface area (Å²) >= 11 is 0. The number of hydrogen-bond acceptors (Lipinski definition) is 3. The van der Waals surface area contributed by atoms with Crippen LogP contribution < -0.4 is 10.6 Å². The first-order valence-electron chi connectivity index (χ1n) is 9.46. The molecule has 0 unspecified atom stereocenters. The summed E-state index contributed by atoms with van der Waals surface area (Å²) in [5, 5.41) is 6.46. The molecule has 4 amide bonds. The molecule has 1 aliphatic rings. The lowest BCUT2D eigenvalue weighted by Gasteiger charge is -2.13. The van der Waals surface area contributed by atoms with E-state index in [1.807, 2.05) is 62.5 Å². The normalized spacial score (nSPS) is 16.3. The second-order valence-corrected chi connectivity index (χ2v) is 7.41. The summed E-state index contributed by atoms with van der Waals surface area (Å²) in [5.74, 6) is -0.804. The van der Waals surface area contributed by atoms with Crippen molar-refractivity contribution in [2.75, 3.05) is 11.9 Å². The lowest BCUT2D eigenvalue weighted by Crippen LogP contribution is -2.38. The molecule has 1 aromatic heterocycles. The maximum atomic E-state index is 12.7. The summed E-state index contributed by atoms with van der Waals surface area (Å²) in [7, 11) is 0. The van der Waals surface area contributed by atoms with Crippen molar-refractivity contribution in [3.8, 4) is 0 Å². The number of rotatable bonds is 5. The Hall–Kier alpha value is -3.61. The van der Waals surface area contributed by atoms with E-state index in [2.05, 4.69) is 15.6 Å². The number of anilines is 1. The molecule has 0 aliphatic carbocycles. The smallest absolute Gasteiger partial charge is 0.325 e. The summed E-state index contributed by atoms with van der Waals surface area (Å²) in [6.07, 6.45) is 2.21. The number of aryl methyl sites for hydroxylation is 2. The SMILES string of the molecule is Cc1cc(C)cc(NC(=O)CN2C(=O)N[C@H](Cc3c[nH]c4ccccc34)C2=O)c1. The van der Waals surface area contributed by atoms with Crippen molar-refractivity contribution in [3.05, 3.63) is 65.4 Å². The van der Waals surface area contributed by atoms with Gasteiger partial charge in [-0.1, -0.05) is 24.3 Å². The third kappa shape index (κ3) is 3.85. The fraction of sp³-hybridized carbons (Fsp3) is 0.227. The zero-order valence-corrected chi connectivity index (χ0v) is 16.3. The third-order valence-electron chi connectivity index (χ3n) is 5.01. The Morgan fingerprint density at radius 2 is 1.83 bits per heavy atom. The molecule has 4 rings (SSSR count). The number of fused-ring (bicyclic) bond motifs is 1. The number of hydrogen-bond donors (Lipinski definition) is 3. The Labute approximate surface area is 168 Å². The van der Waals surface area contributed by atoms with E-state index in [4.69, 9.17) is 0 Å². The molecule has 148 valence electrons. The van der Waals surface area contributed by atoms with Crippen LogP contribution in [0, 0.1) is 13.8 Å². The highest BCUT2D eigenvalue weighted by Gasteiger charge is 2.39. The van der Waals surface area contributed by atoms with Gasteiger partial charge in [-0.25, -0.2) is 4.79 Å². The average Bonchev–Trinajstić information content (AvgIpc) is 3.17. The van der Waals surface area contributed by atoms with E-state index >= 15 is 0 Å². The number of urea groups is 1. The van der Waals surface area contributed by atoms with E-state index in [1.54, 1.807) is 0 Å². The van der Waals surface area contributed by atoms with Crippen molar-refractivity contribution in [2.24, 2.45) is 0 Å². The van der Waals surface area contributed by atoms with Gasteiger partial charge < -0.3 is 15.6 Å². The van der Waals surface area contributed by atoms with Gasteiger partial charge in [-0.05, 0) is 48.7 Å². The minimum Gasteiger partial charge on any atom is -0.361 e. The van der Waals surface area contributed by atoms with Crippen LogP contribution in [-0.2, 0) is 16.0 Å². The largest absolute Gasteiger partial charge is 0.361 e. The van der Waals surface area contributed by atoms with E-state index in [1.165, 1.54) is 0 Å². The standard InChI is InChI=1S/C22H22N4O3/c1-13-7-14(2)9-16(8-13)24-20(27)12-26-21(28)19(25-22(26)29)10-15-11-23-18-6-4-3-5-17(15)18/h3-9,11,19,23H,10,12H2,1-2H3,(H,24,27)(H,25,29)/t19-/m1/s1. The van der Waals surface area contributed by atoms with Crippen LogP contribution in [-0.4, -0.2) is 40.3 Å². The van der Waals surface area contributed by atoms with E-state index in [0.717, 1.165) is 32.5 Å². The first-order chi connectivity index (χ1) is 13.9. The summed E-state index contributed by atoms with van der Waals surface area (Å²) in [5.41, 5.74) is 4.61. The van der Waals surface area contributed by atoms with E-state index in [0.29, 0.717) is 12.1 Å². The van der Waals surface area contributed by atoms with E-state index < -0.39 is 23.9 Å². The molecule has 7 heteroatoms. The Balaban J connectivity index is 1.43. The molecule has 0 bridgehead atoms. The Kier molecular flexibility index (Phi) is 4.80. The van der Waals surface area contributed by atoms with Gasteiger partial charge in [0.2, 0.25) is 5.91 Å². The minimum atomic E-state index is -0.685. The number of nitrogens with zero attached hydrogens (tertiary/aromatic N) is 1. The number of amides is 4. The van der Waals surface area contributed by atoms with Gasteiger partial charge in [-0.3, -0.25) is 14.5 Å². The van der Waals surface area contributed by atoms with Crippen molar-refractivity contribution >= 4 is 34.4 Å². The predicted molar refractivity (Wildman–Crippen MR) is 111 cm³/mol. The fourth-order valence-corrected chi connectivity index (χ4v) is 3.78. The van der Waals surface area contributed by atoms with Gasteiger partial charge in [0.05, 0.1) is 0 Å². The summed E-state index contributed by atoms with van der Waals surface area (Å²) in [4.78, 5) is 41.5. The molecule has 0 radical (unpaired) electrons. The monoisotopic (exact) mass is 390 g/mol. The van der Waals surface area contributed by atoms with Crippen LogP contribution in [0.25, 0.3) is 10.9 Å². The van der Waals surface area contributed by atoms with Crippen LogP contribution in [0.2, 0.25) is 0 Å². The number of H-pyrrole nitrogens is 1. The molecule has 29 heavy (non-hydrogen) atoms. The van der Waals surface area contributed by atoms with Crippen LogP contribution in [0.3, 0.4) is 0 Å². The van der Waals surface area contributed by atoms with Crippen molar-refractivity contribution in [1.29, 1.82) is 0 Å². The van der Waals surface area contributed by atoms with Crippen molar-refractivity contribution in [2.45, 2.75) is 26.3 Å². The number of aromatic nitrogens is 1. The average molecular weight is 390 g/mol. The quantitative estimate of drug-likeness (QED) is 0.585. The highest BCUT2D eigenvalue weighted by molar-refractivity contribution is 6.08. The molecule has 3 N–H and O–H groups in total. The highest BCUT2D eigenvalue weighted by Crippen LogP contribution is 2.21. The zero-order valence-electron chi connectivity index (χ0n) is 16.3. The van der Waals surface area contributed by atoms with Gasteiger partial charge in [0.1, 0.15) is 12.6 Å². The van der Waals surface area contributed by atoms with Gasteiger partial charge in [-0.15, -0.1) is 0 Å². The molecule has 2 heterocycles.